The van der Waals surface area contributed by atoms with E-state index in [4.69, 9.17) is 5.73 Å². The molecular formula is C26H29FN4O7. The van der Waals surface area contributed by atoms with Crippen molar-refractivity contribution >= 4 is 34.8 Å². The number of nitrogens with zero attached hydrogens (tertiary/aromatic N) is 2. The summed E-state index contributed by atoms with van der Waals surface area (Å²) in [6.45, 7) is 1.64. The minimum absolute atomic E-state index is 0.00270. The molecule has 202 valence electrons. The number of benzene rings is 1. The predicted octanol–water partition coefficient (Wildman–Crippen LogP) is 0.761. The van der Waals surface area contributed by atoms with Gasteiger partial charge in [-0.1, -0.05) is 0 Å². The number of hydrogen-bond acceptors (Lipinski definition) is 9. The molecule has 3 aliphatic carbocycles. The number of phenolic OH excluding ortho intramolecular Hbond substituents is 1. The zero-order valence-electron chi connectivity index (χ0n) is 21.3. The van der Waals surface area contributed by atoms with Gasteiger partial charge in [0.05, 0.1) is 29.3 Å². The molecule has 0 aromatic heterocycles. The number of carbonyl (C=O) groups excluding carboxylic acids is 4. The van der Waals surface area contributed by atoms with Crippen molar-refractivity contribution in [2.75, 3.05) is 26.5 Å². The molecule has 6 N–H and O–H groups in total. The third kappa shape index (κ3) is 3.39. The van der Waals surface area contributed by atoms with Crippen molar-refractivity contribution in [3.63, 3.8) is 0 Å². The first-order valence-corrected chi connectivity index (χ1v) is 12.3. The molecule has 38 heavy (non-hydrogen) atoms. The lowest BCUT2D eigenvalue weighted by molar-refractivity contribution is -0.136. The summed E-state index contributed by atoms with van der Waals surface area (Å²) in [5, 5.41) is 35.7. The minimum atomic E-state index is -1.40. The van der Waals surface area contributed by atoms with E-state index in [2.05, 4.69) is 5.32 Å². The number of aliphatic hydroxyl groups is 2. The van der Waals surface area contributed by atoms with Crippen LogP contribution in [0.25, 0.3) is 5.76 Å². The summed E-state index contributed by atoms with van der Waals surface area (Å²) in [4.78, 5) is 54.8. The molecule has 1 aromatic carbocycles. The number of likely N-dealkylation sites (N-methyl/N-ethyl adjacent to an activating group) is 2. The first-order chi connectivity index (χ1) is 17.8. The SMILES string of the molecule is C[C@H]1C(=O)Nc2c(O)c3c(c(F)c2CN1C)C[C@H]1C[C@@H]2C(C(=O)C(C(N)=O)=C(O)[C@H]2N(C)C)C(=O)C1=C3O. The molecule has 1 unspecified atom stereocenters. The maximum absolute atomic E-state index is 16.0. The largest absolute Gasteiger partial charge is 0.510 e. The monoisotopic (exact) mass is 528 g/mol. The van der Waals surface area contributed by atoms with E-state index < -0.39 is 81.9 Å². The van der Waals surface area contributed by atoms with Gasteiger partial charge in [0.1, 0.15) is 22.9 Å². The van der Waals surface area contributed by atoms with Crippen LogP contribution in [0.3, 0.4) is 0 Å². The highest BCUT2D eigenvalue weighted by atomic mass is 19.1. The third-order valence-electron chi connectivity index (χ3n) is 8.46. The fourth-order valence-electron chi connectivity index (χ4n) is 6.51. The third-order valence-corrected chi connectivity index (χ3v) is 8.46. The maximum Gasteiger partial charge on any atom is 0.255 e. The normalized spacial score (nSPS) is 29.4. The summed E-state index contributed by atoms with van der Waals surface area (Å²) in [6.07, 6.45) is 0.0515. The van der Waals surface area contributed by atoms with E-state index in [-0.39, 0.29) is 47.3 Å². The second kappa shape index (κ2) is 8.63. The fourth-order valence-corrected chi connectivity index (χ4v) is 6.51. The van der Waals surface area contributed by atoms with E-state index in [1.54, 1.807) is 37.9 Å². The fraction of sp³-hybridized carbons (Fsp3) is 0.462. The van der Waals surface area contributed by atoms with Crippen molar-refractivity contribution < 1.29 is 38.9 Å². The number of allylic oxidation sites excluding steroid dienone is 1. The first kappa shape index (κ1) is 25.9. The number of anilines is 1. The van der Waals surface area contributed by atoms with Crippen LogP contribution in [0.4, 0.5) is 10.1 Å². The number of primary amides is 1. The number of carbonyl (C=O) groups is 4. The van der Waals surface area contributed by atoms with Crippen molar-refractivity contribution in [3.8, 4) is 5.75 Å². The Morgan fingerprint density at radius 3 is 2.39 bits per heavy atom. The molecule has 0 spiro atoms. The molecule has 0 bridgehead atoms. The summed E-state index contributed by atoms with van der Waals surface area (Å²) in [5.41, 5.74) is 4.11. The number of aliphatic hydroxyl groups excluding tert-OH is 2. The van der Waals surface area contributed by atoms with Crippen molar-refractivity contribution in [3.05, 3.63) is 39.4 Å². The van der Waals surface area contributed by atoms with E-state index in [9.17, 15) is 34.5 Å². The average molecular weight is 529 g/mol. The number of fused-ring (bicyclic) bond motifs is 4. The van der Waals surface area contributed by atoms with Crippen LogP contribution < -0.4 is 11.1 Å². The number of nitrogens with two attached hydrogens (primary N) is 1. The van der Waals surface area contributed by atoms with Gasteiger partial charge in [-0.15, -0.1) is 0 Å². The van der Waals surface area contributed by atoms with Crippen molar-refractivity contribution in [2.45, 2.75) is 38.4 Å². The molecular weight excluding hydrogens is 499 g/mol. The number of rotatable bonds is 2. The molecule has 1 heterocycles. The van der Waals surface area contributed by atoms with Crippen LogP contribution >= 0.6 is 0 Å². The minimum Gasteiger partial charge on any atom is -0.510 e. The molecule has 1 aliphatic heterocycles. The molecule has 1 aromatic rings. The summed E-state index contributed by atoms with van der Waals surface area (Å²) in [5.74, 6) is -8.72. The summed E-state index contributed by atoms with van der Waals surface area (Å²) in [7, 11) is 4.88. The average Bonchev–Trinajstić information content (AvgIpc) is 2.93. The topological polar surface area (TPSA) is 173 Å². The van der Waals surface area contributed by atoms with Gasteiger partial charge in [0.15, 0.2) is 17.3 Å². The van der Waals surface area contributed by atoms with Gasteiger partial charge in [0, 0.05) is 23.2 Å². The van der Waals surface area contributed by atoms with E-state index >= 15 is 4.39 Å². The number of halogens is 1. The zero-order valence-corrected chi connectivity index (χ0v) is 21.3. The lowest BCUT2D eigenvalue weighted by Gasteiger charge is -2.46. The molecule has 12 heteroatoms. The van der Waals surface area contributed by atoms with Gasteiger partial charge in [0.25, 0.3) is 5.91 Å². The van der Waals surface area contributed by atoms with Gasteiger partial charge in [-0.3, -0.25) is 29.0 Å². The van der Waals surface area contributed by atoms with Gasteiger partial charge < -0.3 is 26.4 Å². The van der Waals surface area contributed by atoms with Crippen LogP contribution in [0.2, 0.25) is 0 Å². The van der Waals surface area contributed by atoms with Crippen LogP contribution in [0.15, 0.2) is 16.9 Å². The number of aromatic hydroxyl groups is 1. The van der Waals surface area contributed by atoms with Crippen LogP contribution in [0.5, 0.6) is 5.75 Å². The number of nitrogens with one attached hydrogen (secondary N) is 1. The molecule has 1 fully saturated rings. The Balaban J connectivity index is 1.69. The first-order valence-electron chi connectivity index (χ1n) is 12.3. The van der Waals surface area contributed by atoms with Gasteiger partial charge >= 0.3 is 0 Å². The summed E-state index contributed by atoms with van der Waals surface area (Å²) < 4.78 is 16.0. The van der Waals surface area contributed by atoms with Crippen LogP contribution in [-0.2, 0) is 32.1 Å². The van der Waals surface area contributed by atoms with E-state index in [1.165, 1.54) is 0 Å². The predicted molar refractivity (Wildman–Crippen MR) is 132 cm³/mol. The van der Waals surface area contributed by atoms with Crippen LogP contribution in [0.1, 0.15) is 30.0 Å². The second-order valence-electron chi connectivity index (χ2n) is 10.8. The van der Waals surface area contributed by atoms with E-state index in [0.717, 1.165) is 0 Å². The van der Waals surface area contributed by atoms with Gasteiger partial charge in [-0.25, -0.2) is 4.39 Å². The Bertz CT molecular complexity index is 1400. The highest BCUT2D eigenvalue weighted by Gasteiger charge is 2.56. The number of Topliss-reactive ketones (excluding diaryl/α,β-unsaturated/α-hetero) is 2. The zero-order chi connectivity index (χ0) is 28.0. The Morgan fingerprint density at radius 1 is 1.13 bits per heavy atom. The Morgan fingerprint density at radius 2 is 1.79 bits per heavy atom. The lowest BCUT2D eigenvalue weighted by atomic mass is 9.59. The number of ketones is 2. The van der Waals surface area contributed by atoms with Crippen molar-refractivity contribution in [2.24, 2.45) is 23.5 Å². The van der Waals surface area contributed by atoms with Crippen molar-refractivity contribution in [1.82, 2.24) is 9.80 Å². The van der Waals surface area contributed by atoms with Gasteiger partial charge in [0.2, 0.25) is 5.91 Å². The second-order valence-corrected chi connectivity index (χ2v) is 10.8. The Hall–Kier alpha value is -3.77. The molecule has 5 rings (SSSR count). The lowest BCUT2D eigenvalue weighted by Crippen LogP contribution is -2.55. The van der Waals surface area contributed by atoms with Crippen molar-refractivity contribution in [1.29, 1.82) is 0 Å². The Kier molecular flexibility index (Phi) is 5.88. The summed E-state index contributed by atoms with van der Waals surface area (Å²) in [6, 6.07) is -1.50. The van der Waals surface area contributed by atoms with Crippen LogP contribution in [-0.4, -0.2) is 81.7 Å². The number of amides is 2. The standard InChI is InChI=1S/C26H29FN4O7/c1-8-26(38)29-18-12(7-31(8)4)17(27)10-5-9-6-11-15(21(33)13(9)20(32)14(10)23(18)35)22(34)16(25(28)37)24(36)19(11)30(2)3/h8-9,11,15,19,32,35-36H,5-7H2,1-4H3,(H2,28,37)(H,29,38)/t8-,9-,11+,15?,19-/m0/s1. The highest BCUT2D eigenvalue weighted by Crippen LogP contribution is 2.52. The van der Waals surface area contributed by atoms with Gasteiger partial charge in [-0.05, 0) is 52.7 Å². The molecule has 11 nitrogen and oxygen atoms in total. The quantitative estimate of drug-likeness (QED) is 0.211. The molecule has 0 radical (unpaired) electrons. The van der Waals surface area contributed by atoms with Gasteiger partial charge in [-0.2, -0.15) is 0 Å². The maximum atomic E-state index is 16.0. The van der Waals surface area contributed by atoms with Crippen LogP contribution in [0, 0.1) is 23.6 Å². The number of phenols is 1. The molecule has 5 atom stereocenters. The van der Waals surface area contributed by atoms with E-state index in [1.807, 2.05) is 0 Å². The molecule has 1 saturated carbocycles. The smallest absolute Gasteiger partial charge is 0.255 e. The Labute approximate surface area is 217 Å². The van der Waals surface area contributed by atoms with E-state index in [0.29, 0.717) is 0 Å². The highest BCUT2D eigenvalue weighted by molar-refractivity contribution is 6.28. The molecule has 2 amide bonds. The molecule has 0 saturated heterocycles. The number of hydrogen-bond donors (Lipinski definition) is 5. The summed E-state index contributed by atoms with van der Waals surface area (Å²) >= 11 is 0. The molecule has 4 aliphatic rings.